The molecule has 9 heteroatoms. The number of likely N-dealkylation sites (N-methyl/N-ethyl adjacent to an activating group) is 1. The van der Waals surface area contributed by atoms with Crippen molar-refractivity contribution >= 4 is 23.1 Å². The molecule has 1 unspecified atom stereocenters. The first-order chi connectivity index (χ1) is 14.3. The molecule has 3 aromatic rings. The zero-order chi connectivity index (χ0) is 19.6. The Balaban J connectivity index is 1.35. The van der Waals surface area contributed by atoms with Gasteiger partial charge in [0.25, 0.3) is 0 Å². The van der Waals surface area contributed by atoms with Crippen molar-refractivity contribution in [2.24, 2.45) is 0 Å². The first-order valence-corrected chi connectivity index (χ1v) is 10.2. The summed E-state index contributed by atoms with van der Waals surface area (Å²) < 4.78 is 7.34. The number of aromatic nitrogens is 5. The molecule has 0 radical (unpaired) electrons. The number of morpholine rings is 1. The second-order valence-corrected chi connectivity index (χ2v) is 7.58. The van der Waals surface area contributed by atoms with Crippen LogP contribution in [0.3, 0.4) is 0 Å². The van der Waals surface area contributed by atoms with Gasteiger partial charge in [0.2, 0.25) is 5.95 Å². The van der Waals surface area contributed by atoms with E-state index in [9.17, 15) is 0 Å². The number of anilines is 3. The van der Waals surface area contributed by atoms with Crippen molar-refractivity contribution in [2.75, 3.05) is 61.1 Å². The van der Waals surface area contributed by atoms with Crippen molar-refractivity contribution in [3.63, 3.8) is 0 Å². The topological polar surface area (TPSA) is 74.9 Å². The fourth-order valence-corrected chi connectivity index (χ4v) is 4.19. The molecule has 0 spiro atoms. The van der Waals surface area contributed by atoms with Crippen LogP contribution in [0.2, 0.25) is 0 Å². The second-order valence-electron chi connectivity index (χ2n) is 7.58. The molecule has 0 aromatic carbocycles. The summed E-state index contributed by atoms with van der Waals surface area (Å²) in [5.74, 6) is 2.74. The Morgan fingerprint density at radius 1 is 1.03 bits per heavy atom. The third-order valence-corrected chi connectivity index (χ3v) is 5.83. The Bertz CT molecular complexity index is 970. The Hall–Kier alpha value is -2.94. The lowest BCUT2D eigenvalue weighted by molar-refractivity contribution is 0.122. The standard InChI is InChI=1S/C20H26N8O/c1-25(20-22-6-5-18(24-20)26-11-13-29-14-12-26)16-3-2-9-27(15-16)19-17-4-7-23-28(17)10-8-21-19/h4-8,10,16H,2-3,9,11-15H2,1H3. The fraction of sp³-hybridized carbons (Fsp3) is 0.500. The predicted molar refractivity (Wildman–Crippen MR) is 112 cm³/mol. The molecule has 2 fully saturated rings. The third-order valence-electron chi connectivity index (χ3n) is 5.83. The molecule has 5 heterocycles. The number of ether oxygens (including phenoxy) is 1. The third kappa shape index (κ3) is 3.57. The van der Waals surface area contributed by atoms with Gasteiger partial charge in [0.15, 0.2) is 5.82 Å². The minimum absolute atomic E-state index is 0.327. The molecule has 1 atom stereocenters. The zero-order valence-electron chi connectivity index (χ0n) is 16.7. The predicted octanol–water partition coefficient (Wildman–Crippen LogP) is 1.46. The summed E-state index contributed by atoms with van der Waals surface area (Å²) in [5.41, 5.74) is 1.04. The highest BCUT2D eigenvalue weighted by Gasteiger charge is 2.27. The summed E-state index contributed by atoms with van der Waals surface area (Å²) >= 11 is 0. The Labute approximate surface area is 169 Å². The van der Waals surface area contributed by atoms with Gasteiger partial charge in [0.05, 0.1) is 19.4 Å². The van der Waals surface area contributed by atoms with Crippen molar-refractivity contribution in [3.8, 4) is 0 Å². The van der Waals surface area contributed by atoms with Crippen LogP contribution in [0.15, 0.2) is 36.9 Å². The van der Waals surface area contributed by atoms with E-state index in [1.54, 1.807) is 0 Å². The van der Waals surface area contributed by atoms with E-state index in [0.717, 1.165) is 75.3 Å². The molecule has 2 aliphatic rings. The monoisotopic (exact) mass is 394 g/mol. The smallest absolute Gasteiger partial charge is 0.227 e. The molecule has 9 nitrogen and oxygen atoms in total. The average Bonchev–Trinajstić information content (AvgIpc) is 3.28. The highest BCUT2D eigenvalue weighted by Crippen LogP contribution is 2.26. The maximum Gasteiger partial charge on any atom is 0.227 e. The van der Waals surface area contributed by atoms with Crippen LogP contribution in [0, 0.1) is 0 Å². The van der Waals surface area contributed by atoms with E-state index in [-0.39, 0.29) is 0 Å². The summed E-state index contributed by atoms with van der Waals surface area (Å²) in [6.45, 7) is 5.13. The van der Waals surface area contributed by atoms with Gasteiger partial charge in [-0.25, -0.2) is 14.5 Å². The number of hydrogen-bond acceptors (Lipinski definition) is 8. The van der Waals surface area contributed by atoms with Gasteiger partial charge in [0.1, 0.15) is 11.3 Å². The van der Waals surface area contributed by atoms with Crippen LogP contribution in [0.25, 0.3) is 5.52 Å². The number of hydrogen-bond donors (Lipinski definition) is 0. The van der Waals surface area contributed by atoms with E-state index in [0.29, 0.717) is 6.04 Å². The molecule has 2 saturated heterocycles. The fourth-order valence-electron chi connectivity index (χ4n) is 4.19. The van der Waals surface area contributed by atoms with Gasteiger partial charge in [-0.2, -0.15) is 10.1 Å². The normalized spacial score (nSPS) is 20.2. The molecule has 0 amide bonds. The van der Waals surface area contributed by atoms with Gasteiger partial charge < -0.3 is 19.4 Å². The molecule has 3 aromatic heterocycles. The maximum atomic E-state index is 5.46. The summed E-state index contributed by atoms with van der Waals surface area (Å²) in [4.78, 5) is 20.9. The number of fused-ring (bicyclic) bond motifs is 1. The van der Waals surface area contributed by atoms with Crippen molar-refractivity contribution < 1.29 is 4.74 Å². The van der Waals surface area contributed by atoms with E-state index < -0.39 is 0 Å². The van der Waals surface area contributed by atoms with E-state index in [4.69, 9.17) is 9.72 Å². The summed E-state index contributed by atoms with van der Waals surface area (Å²) in [5, 5.41) is 4.34. The van der Waals surface area contributed by atoms with Gasteiger partial charge >= 0.3 is 0 Å². The highest BCUT2D eigenvalue weighted by atomic mass is 16.5. The molecule has 29 heavy (non-hydrogen) atoms. The molecule has 0 bridgehead atoms. The summed E-state index contributed by atoms with van der Waals surface area (Å²) in [6.07, 6.45) is 9.60. The second kappa shape index (κ2) is 7.82. The molecule has 2 aliphatic heterocycles. The van der Waals surface area contributed by atoms with Crippen LogP contribution >= 0.6 is 0 Å². The van der Waals surface area contributed by atoms with Gasteiger partial charge in [-0.15, -0.1) is 0 Å². The SMILES string of the molecule is CN(c1nccc(N2CCOCC2)n1)C1CCCN(c2nccn3nccc23)C1. The number of rotatable bonds is 4. The van der Waals surface area contributed by atoms with Crippen LogP contribution < -0.4 is 14.7 Å². The van der Waals surface area contributed by atoms with Crippen LogP contribution in [-0.2, 0) is 4.74 Å². The Morgan fingerprint density at radius 3 is 2.83 bits per heavy atom. The molecule has 0 saturated carbocycles. The van der Waals surface area contributed by atoms with Crippen molar-refractivity contribution in [1.29, 1.82) is 0 Å². The lowest BCUT2D eigenvalue weighted by Crippen LogP contribution is -2.47. The van der Waals surface area contributed by atoms with Crippen LogP contribution in [0.1, 0.15) is 12.8 Å². The molecule has 5 rings (SSSR count). The molecular weight excluding hydrogens is 368 g/mol. The van der Waals surface area contributed by atoms with Gasteiger partial charge in [-0.1, -0.05) is 0 Å². The summed E-state index contributed by atoms with van der Waals surface area (Å²) in [7, 11) is 2.10. The van der Waals surface area contributed by atoms with Crippen molar-refractivity contribution in [1.82, 2.24) is 24.6 Å². The quantitative estimate of drug-likeness (QED) is 0.658. The lowest BCUT2D eigenvalue weighted by atomic mass is 10.0. The first-order valence-electron chi connectivity index (χ1n) is 10.2. The van der Waals surface area contributed by atoms with E-state index >= 15 is 0 Å². The minimum atomic E-state index is 0.327. The van der Waals surface area contributed by atoms with E-state index in [2.05, 4.69) is 36.8 Å². The number of nitrogens with zero attached hydrogens (tertiary/aromatic N) is 8. The van der Waals surface area contributed by atoms with Gasteiger partial charge in [-0.05, 0) is 25.0 Å². The zero-order valence-corrected chi connectivity index (χ0v) is 16.7. The molecule has 0 N–H and O–H groups in total. The average molecular weight is 394 g/mol. The van der Waals surface area contributed by atoms with Crippen LogP contribution in [-0.4, -0.2) is 77.0 Å². The van der Waals surface area contributed by atoms with Crippen molar-refractivity contribution in [3.05, 3.63) is 36.9 Å². The van der Waals surface area contributed by atoms with E-state index in [1.165, 1.54) is 0 Å². The number of piperidine rings is 1. The molecule has 0 aliphatic carbocycles. The van der Waals surface area contributed by atoms with Gasteiger partial charge in [-0.3, -0.25) is 0 Å². The Morgan fingerprint density at radius 2 is 1.93 bits per heavy atom. The molecular formula is C20H26N8O. The minimum Gasteiger partial charge on any atom is -0.378 e. The lowest BCUT2D eigenvalue weighted by Gasteiger charge is -2.38. The van der Waals surface area contributed by atoms with Crippen molar-refractivity contribution in [2.45, 2.75) is 18.9 Å². The first kappa shape index (κ1) is 18.1. The van der Waals surface area contributed by atoms with Gasteiger partial charge in [0, 0.05) is 57.9 Å². The van der Waals surface area contributed by atoms with Crippen LogP contribution in [0.5, 0.6) is 0 Å². The summed E-state index contributed by atoms with van der Waals surface area (Å²) in [6, 6.07) is 4.33. The van der Waals surface area contributed by atoms with Crippen LogP contribution in [0.4, 0.5) is 17.6 Å². The Kier molecular flexibility index (Phi) is 4.89. The maximum absolute atomic E-state index is 5.46. The van der Waals surface area contributed by atoms with E-state index in [1.807, 2.05) is 41.4 Å². The highest BCUT2D eigenvalue weighted by molar-refractivity contribution is 5.68. The largest absolute Gasteiger partial charge is 0.378 e. The molecule has 152 valence electrons.